The van der Waals surface area contributed by atoms with Gasteiger partial charge in [-0.3, -0.25) is 0 Å². The zero-order chi connectivity index (χ0) is 20.3. The molecule has 6 heteroatoms. The highest BCUT2D eigenvalue weighted by Gasteiger charge is 2.27. The molecule has 0 saturated carbocycles. The van der Waals surface area contributed by atoms with E-state index < -0.39 is 0 Å². The second kappa shape index (κ2) is 8.00. The predicted octanol–water partition coefficient (Wildman–Crippen LogP) is 4.47. The van der Waals surface area contributed by atoms with Crippen molar-refractivity contribution in [2.45, 2.75) is 0 Å². The molecule has 28 heavy (non-hydrogen) atoms. The van der Waals surface area contributed by atoms with Crippen molar-refractivity contribution in [2.75, 3.05) is 28.4 Å². The van der Waals surface area contributed by atoms with E-state index in [9.17, 15) is 10.2 Å². The molecule has 2 N–H and O–H groups in total. The number of rotatable bonds is 6. The quantitative estimate of drug-likeness (QED) is 0.613. The Morgan fingerprint density at radius 3 is 1.07 bits per heavy atom. The molecule has 3 rings (SSSR count). The van der Waals surface area contributed by atoms with Crippen LogP contribution in [-0.2, 0) is 0 Å². The fourth-order valence-corrected chi connectivity index (χ4v) is 3.12. The van der Waals surface area contributed by atoms with Crippen molar-refractivity contribution >= 4 is 0 Å². The van der Waals surface area contributed by atoms with Crippen molar-refractivity contribution in [2.24, 2.45) is 0 Å². The van der Waals surface area contributed by atoms with Crippen LogP contribution in [0.2, 0.25) is 0 Å². The molecule has 146 valence electrons. The monoisotopic (exact) mass is 382 g/mol. The highest BCUT2D eigenvalue weighted by Crippen LogP contribution is 2.55. The topological polar surface area (TPSA) is 77.4 Å². The summed E-state index contributed by atoms with van der Waals surface area (Å²) in [4.78, 5) is 0. The molecule has 0 aromatic heterocycles. The number of benzene rings is 3. The standard InChI is InChI=1S/C22H22O6/c1-25-15-9-5-13(6-10-15)17-19(23)20(24)18(22(28-4)21(17)27-3)14-7-11-16(26-2)12-8-14/h5-12,23-24H,1-4H3. The van der Waals surface area contributed by atoms with Crippen molar-refractivity contribution in [3.05, 3.63) is 48.5 Å². The van der Waals surface area contributed by atoms with Crippen LogP contribution in [0.3, 0.4) is 0 Å². The molecule has 0 spiro atoms. The van der Waals surface area contributed by atoms with Gasteiger partial charge in [-0.05, 0) is 35.4 Å². The van der Waals surface area contributed by atoms with Crippen molar-refractivity contribution in [1.29, 1.82) is 0 Å². The molecule has 0 atom stereocenters. The van der Waals surface area contributed by atoms with Crippen LogP contribution < -0.4 is 18.9 Å². The average Bonchev–Trinajstić information content (AvgIpc) is 2.75. The molecule has 0 saturated heterocycles. The van der Waals surface area contributed by atoms with Gasteiger partial charge in [0.05, 0.1) is 39.6 Å². The van der Waals surface area contributed by atoms with Gasteiger partial charge in [0, 0.05) is 0 Å². The SMILES string of the molecule is COc1ccc(-c2c(O)c(O)c(-c3ccc(OC)cc3)c(OC)c2OC)cc1. The lowest BCUT2D eigenvalue weighted by Crippen LogP contribution is -1.98. The molecule has 0 bridgehead atoms. The predicted molar refractivity (Wildman–Crippen MR) is 107 cm³/mol. The Labute approximate surface area is 163 Å². The van der Waals surface area contributed by atoms with E-state index >= 15 is 0 Å². The normalized spacial score (nSPS) is 10.4. The van der Waals surface area contributed by atoms with Gasteiger partial charge in [-0.2, -0.15) is 0 Å². The summed E-state index contributed by atoms with van der Waals surface area (Å²) in [5.74, 6) is 1.38. The summed E-state index contributed by atoms with van der Waals surface area (Å²) < 4.78 is 21.5. The molecule has 0 radical (unpaired) electrons. The Bertz CT molecular complexity index is 882. The number of hydrogen-bond acceptors (Lipinski definition) is 6. The maximum absolute atomic E-state index is 10.8. The van der Waals surface area contributed by atoms with Gasteiger partial charge in [-0.15, -0.1) is 0 Å². The third-order valence-electron chi connectivity index (χ3n) is 4.52. The number of phenolic OH excluding ortho intramolecular Hbond substituents is 2. The zero-order valence-corrected chi connectivity index (χ0v) is 16.1. The Balaban J connectivity index is 2.27. The van der Waals surface area contributed by atoms with Gasteiger partial charge < -0.3 is 29.2 Å². The van der Waals surface area contributed by atoms with E-state index in [1.807, 2.05) is 0 Å². The zero-order valence-electron chi connectivity index (χ0n) is 16.1. The number of phenols is 2. The Morgan fingerprint density at radius 1 is 0.500 bits per heavy atom. The van der Waals surface area contributed by atoms with E-state index in [-0.39, 0.29) is 11.5 Å². The molecular formula is C22H22O6. The van der Waals surface area contributed by atoms with Gasteiger partial charge in [0.15, 0.2) is 23.0 Å². The molecule has 3 aromatic carbocycles. The minimum absolute atomic E-state index is 0.298. The van der Waals surface area contributed by atoms with Crippen LogP contribution in [-0.4, -0.2) is 38.7 Å². The van der Waals surface area contributed by atoms with Crippen molar-refractivity contribution in [3.63, 3.8) is 0 Å². The first kappa shape index (κ1) is 19.2. The maximum Gasteiger partial charge on any atom is 0.173 e. The maximum atomic E-state index is 10.8. The summed E-state index contributed by atoms with van der Waals surface area (Å²) >= 11 is 0. The lowest BCUT2D eigenvalue weighted by Gasteiger charge is -2.20. The van der Waals surface area contributed by atoms with E-state index in [2.05, 4.69) is 0 Å². The summed E-state index contributed by atoms with van der Waals surface area (Å²) in [5, 5.41) is 21.6. The van der Waals surface area contributed by atoms with Crippen molar-refractivity contribution in [1.82, 2.24) is 0 Å². The summed E-state index contributed by atoms with van der Waals surface area (Å²) in [6.45, 7) is 0. The second-order valence-corrected chi connectivity index (χ2v) is 5.97. The molecule has 0 amide bonds. The summed E-state index contributed by atoms with van der Waals surface area (Å²) in [6.07, 6.45) is 0. The molecule has 0 heterocycles. The fourth-order valence-electron chi connectivity index (χ4n) is 3.12. The van der Waals surface area contributed by atoms with E-state index in [1.54, 1.807) is 62.8 Å². The number of aromatic hydroxyl groups is 2. The highest BCUT2D eigenvalue weighted by molar-refractivity contribution is 5.92. The molecule has 3 aromatic rings. The van der Waals surface area contributed by atoms with Crippen LogP contribution in [0.5, 0.6) is 34.5 Å². The van der Waals surface area contributed by atoms with E-state index in [1.165, 1.54) is 14.2 Å². The molecule has 0 aliphatic heterocycles. The van der Waals surface area contributed by atoms with Crippen LogP contribution in [0, 0.1) is 0 Å². The van der Waals surface area contributed by atoms with E-state index in [0.717, 1.165) is 0 Å². The van der Waals surface area contributed by atoms with Crippen LogP contribution in [0.4, 0.5) is 0 Å². The van der Waals surface area contributed by atoms with Crippen LogP contribution in [0.25, 0.3) is 22.3 Å². The molecule has 6 nitrogen and oxygen atoms in total. The smallest absolute Gasteiger partial charge is 0.173 e. The largest absolute Gasteiger partial charge is 0.504 e. The number of methoxy groups -OCH3 is 4. The van der Waals surface area contributed by atoms with Crippen molar-refractivity contribution < 1.29 is 29.2 Å². The molecule has 0 unspecified atom stereocenters. The lowest BCUT2D eigenvalue weighted by atomic mass is 9.95. The van der Waals surface area contributed by atoms with Crippen molar-refractivity contribution in [3.8, 4) is 56.8 Å². The first-order valence-corrected chi connectivity index (χ1v) is 8.54. The molecular weight excluding hydrogens is 360 g/mol. The van der Waals surface area contributed by atoms with E-state index in [4.69, 9.17) is 18.9 Å². The van der Waals surface area contributed by atoms with Crippen LogP contribution in [0.15, 0.2) is 48.5 Å². The van der Waals surface area contributed by atoms with Gasteiger partial charge in [-0.25, -0.2) is 0 Å². The first-order valence-electron chi connectivity index (χ1n) is 8.54. The second-order valence-electron chi connectivity index (χ2n) is 5.97. The Morgan fingerprint density at radius 2 is 0.821 bits per heavy atom. The minimum Gasteiger partial charge on any atom is -0.504 e. The van der Waals surface area contributed by atoms with E-state index in [0.29, 0.717) is 45.3 Å². The minimum atomic E-state index is -0.298. The first-order chi connectivity index (χ1) is 13.5. The Kier molecular flexibility index (Phi) is 5.49. The Hall–Kier alpha value is -3.54. The average molecular weight is 382 g/mol. The van der Waals surface area contributed by atoms with Gasteiger partial charge in [0.1, 0.15) is 11.5 Å². The summed E-state index contributed by atoms with van der Waals surface area (Å²) in [7, 11) is 6.12. The number of hydrogen-bond donors (Lipinski definition) is 2. The third-order valence-corrected chi connectivity index (χ3v) is 4.52. The van der Waals surface area contributed by atoms with Crippen LogP contribution in [0.1, 0.15) is 0 Å². The van der Waals surface area contributed by atoms with Crippen LogP contribution >= 0.6 is 0 Å². The van der Waals surface area contributed by atoms with Gasteiger partial charge in [0.25, 0.3) is 0 Å². The third kappa shape index (κ3) is 3.24. The molecule has 0 aliphatic carbocycles. The van der Waals surface area contributed by atoms with Gasteiger partial charge in [-0.1, -0.05) is 24.3 Å². The lowest BCUT2D eigenvalue weighted by molar-refractivity contribution is 0.346. The van der Waals surface area contributed by atoms with Gasteiger partial charge >= 0.3 is 0 Å². The van der Waals surface area contributed by atoms with Gasteiger partial charge in [0.2, 0.25) is 0 Å². The number of ether oxygens (including phenoxy) is 4. The summed E-state index contributed by atoms with van der Waals surface area (Å²) in [5.41, 5.74) is 1.95. The molecule has 0 aliphatic rings. The molecule has 0 fully saturated rings. The highest BCUT2D eigenvalue weighted by atomic mass is 16.5. The fraction of sp³-hybridized carbons (Fsp3) is 0.182. The summed E-state index contributed by atoms with van der Waals surface area (Å²) in [6, 6.07) is 14.1.